The second-order valence-corrected chi connectivity index (χ2v) is 7.59. The molecule has 5 nitrogen and oxygen atoms in total. The molecule has 2 aromatic carbocycles. The summed E-state index contributed by atoms with van der Waals surface area (Å²) in [5.41, 5.74) is 5.65. The number of hydrogen-bond donors (Lipinski definition) is 1. The van der Waals surface area contributed by atoms with Gasteiger partial charge in [-0.3, -0.25) is 14.6 Å². The minimum absolute atomic E-state index is 0.0623. The van der Waals surface area contributed by atoms with Crippen molar-refractivity contribution >= 4 is 23.2 Å². The normalized spacial score (nSPS) is 15.1. The molecule has 4 rings (SSSR count). The molecule has 0 saturated heterocycles. The van der Waals surface area contributed by atoms with Crippen LogP contribution < -0.4 is 10.2 Å². The molecule has 0 radical (unpaired) electrons. The van der Waals surface area contributed by atoms with E-state index >= 15 is 0 Å². The fourth-order valence-corrected chi connectivity index (χ4v) is 3.76. The minimum Gasteiger partial charge on any atom is -0.322 e. The van der Waals surface area contributed by atoms with Gasteiger partial charge in [0.25, 0.3) is 11.8 Å². The molecule has 0 aliphatic carbocycles. The molecule has 0 bridgehead atoms. The average Bonchev–Trinajstić information content (AvgIpc) is 3.06. The first-order valence-corrected chi connectivity index (χ1v) is 9.69. The van der Waals surface area contributed by atoms with E-state index in [9.17, 15) is 9.59 Å². The Balaban J connectivity index is 1.60. The molecule has 0 fully saturated rings. The lowest BCUT2D eigenvalue weighted by Crippen LogP contribution is -2.35. The molecule has 3 aromatic rings. The fourth-order valence-electron chi connectivity index (χ4n) is 3.76. The SMILES string of the molecule is Cc1ccc(C)c(NC(=O)c2cncc(C(=O)N3c4ccccc4CC3C)c2)c1. The molecule has 2 heterocycles. The number of rotatable bonds is 3. The summed E-state index contributed by atoms with van der Waals surface area (Å²) in [6, 6.07) is 15.5. The van der Waals surface area contributed by atoms with Crippen LogP contribution in [0.25, 0.3) is 0 Å². The van der Waals surface area contributed by atoms with E-state index in [1.54, 1.807) is 11.0 Å². The molecule has 146 valence electrons. The van der Waals surface area contributed by atoms with Crippen LogP contribution in [0.5, 0.6) is 0 Å². The largest absolute Gasteiger partial charge is 0.322 e. The summed E-state index contributed by atoms with van der Waals surface area (Å²) in [6.45, 7) is 5.95. The predicted molar refractivity (Wildman–Crippen MR) is 115 cm³/mol. The Morgan fingerprint density at radius 3 is 2.62 bits per heavy atom. The lowest BCUT2D eigenvalue weighted by atomic mass is 10.1. The zero-order valence-corrected chi connectivity index (χ0v) is 16.8. The molecule has 1 aliphatic heterocycles. The van der Waals surface area contributed by atoms with Crippen LogP contribution >= 0.6 is 0 Å². The van der Waals surface area contributed by atoms with E-state index in [1.807, 2.05) is 63.2 Å². The van der Waals surface area contributed by atoms with E-state index in [4.69, 9.17) is 0 Å². The van der Waals surface area contributed by atoms with E-state index in [2.05, 4.69) is 10.3 Å². The molecule has 0 spiro atoms. The Labute approximate surface area is 170 Å². The van der Waals surface area contributed by atoms with E-state index in [-0.39, 0.29) is 17.9 Å². The number of para-hydroxylation sites is 1. The number of fused-ring (bicyclic) bond motifs is 1. The van der Waals surface area contributed by atoms with Crippen LogP contribution in [0.1, 0.15) is 44.3 Å². The van der Waals surface area contributed by atoms with Gasteiger partial charge in [-0.15, -0.1) is 0 Å². The van der Waals surface area contributed by atoms with Gasteiger partial charge in [-0.25, -0.2) is 0 Å². The van der Waals surface area contributed by atoms with Crippen molar-refractivity contribution in [2.24, 2.45) is 0 Å². The minimum atomic E-state index is -0.282. The smallest absolute Gasteiger partial charge is 0.260 e. The van der Waals surface area contributed by atoms with Crippen molar-refractivity contribution in [1.29, 1.82) is 0 Å². The molecule has 0 saturated carbocycles. The third kappa shape index (κ3) is 3.63. The van der Waals surface area contributed by atoms with Crippen molar-refractivity contribution in [2.45, 2.75) is 33.2 Å². The number of anilines is 2. The Morgan fingerprint density at radius 2 is 1.79 bits per heavy atom. The molecule has 2 amide bonds. The van der Waals surface area contributed by atoms with Crippen LogP contribution in [0, 0.1) is 13.8 Å². The van der Waals surface area contributed by atoms with Crippen LogP contribution in [0.2, 0.25) is 0 Å². The first-order valence-electron chi connectivity index (χ1n) is 9.69. The number of pyridine rings is 1. The van der Waals surface area contributed by atoms with Gasteiger partial charge in [0.1, 0.15) is 0 Å². The molecule has 1 unspecified atom stereocenters. The second kappa shape index (κ2) is 7.51. The molecule has 29 heavy (non-hydrogen) atoms. The highest BCUT2D eigenvalue weighted by atomic mass is 16.2. The number of hydrogen-bond acceptors (Lipinski definition) is 3. The van der Waals surface area contributed by atoms with Crippen molar-refractivity contribution < 1.29 is 9.59 Å². The van der Waals surface area contributed by atoms with Gasteiger partial charge in [-0.2, -0.15) is 0 Å². The summed E-state index contributed by atoms with van der Waals surface area (Å²) in [4.78, 5) is 31.9. The first-order chi connectivity index (χ1) is 13.9. The Hall–Kier alpha value is -3.47. The van der Waals surface area contributed by atoms with E-state index in [1.165, 1.54) is 12.4 Å². The Kier molecular flexibility index (Phi) is 4.89. The zero-order valence-electron chi connectivity index (χ0n) is 16.8. The number of benzene rings is 2. The predicted octanol–water partition coefficient (Wildman–Crippen LogP) is 4.54. The number of carbonyl (C=O) groups is 2. The first kappa shape index (κ1) is 18.9. The lowest BCUT2D eigenvalue weighted by molar-refractivity contribution is 0.0981. The van der Waals surface area contributed by atoms with E-state index in [0.717, 1.165) is 34.5 Å². The summed E-state index contributed by atoms with van der Waals surface area (Å²) in [5.74, 6) is -0.424. The number of nitrogens with zero attached hydrogens (tertiary/aromatic N) is 2. The van der Waals surface area contributed by atoms with Crippen LogP contribution in [0.4, 0.5) is 11.4 Å². The second-order valence-electron chi connectivity index (χ2n) is 7.59. The van der Waals surface area contributed by atoms with Gasteiger partial charge >= 0.3 is 0 Å². The summed E-state index contributed by atoms with van der Waals surface area (Å²) < 4.78 is 0. The van der Waals surface area contributed by atoms with Crippen molar-refractivity contribution in [3.05, 3.63) is 88.7 Å². The highest BCUT2D eigenvalue weighted by Crippen LogP contribution is 2.33. The molecule has 1 aromatic heterocycles. The van der Waals surface area contributed by atoms with Crippen LogP contribution in [-0.4, -0.2) is 22.8 Å². The summed E-state index contributed by atoms with van der Waals surface area (Å²) in [5, 5.41) is 2.92. The number of amides is 2. The van der Waals surface area contributed by atoms with Gasteiger partial charge in [-0.05, 0) is 62.1 Å². The van der Waals surface area contributed by atoms with Crippen LogP contribution in [-0.2, 0) is 6.42 Å². The molecular formula is C24H23N3O2. The maximum absolute atomic E-state index is 13.2. The van der Waals surface area contributed by atoms with Crippen LogP contribution in [0.3, 0.4) is 0 Å². The molecular weight excluding hydrogens is 362 g/mol. The average molecular weight is 385 g/mol. The monoisotopic (exact) mass is 385 g/mol. The Bertz CT molecular complexity index is 1110. The van der Waals surface area contributed by atoms with Crippen molar-refractivity contribution in [3.8, 4) is 0 Å². The van der Waals surface area contributed by atoms with Crippen molar-refractivity contribution in [2.75, 3.05) is 10.2 Å². The van der Waals surface area contributed by atoms with Gasteiger partial charge in [0.2, 0.25) is 0 Å². The van der Waals surface area contributed by atoms with Crippen molar-refractivity contribution in [1.82, 2.24) is 4.98 Å². The third-order valence-corrected chi connectivity index (χ3v) is 5.31. The maximum atomic E-state index is 13.2. The quantitative estimate of drug-likeness (QED) is 0.720. The highest BCUT2D eigenvalue weighted by molar-refractivity contribution is 6.10. The fraction of sp³-hybridized carbons (Fsp3) is 0.208. The lowest BCUT2D eigenvalue weighted by Gasteiger charge is -2.22. The topological polar surface area (TPSA) is 62.3 Å². The highest BCUT2D eigenvalue weighted by Gasteiger charge is 2.31. The third-order valence-electron chi connectivity index (χ3n) is 5.31. The Morgan fingerprint density at radius 1 is 1.03 bits per heavy atom. The number of aromatic nitrogens is 1. The maximum Gasteiger partial charge on any atom is 0.260 e. The van der Waals surface area contributed by atoms with Gasteiger partial charge in [0.05, 0.1) is 11.1 Å². The molecule has 1 atom stereocenters. The molecule has 5 heteroatoms. The number of nitrogens with one attached hydrogen (secondary N) is 1. The van der Waals surface area contributed by atoms with Crippen molar-refractivity contribution in [3.63, 3.8) is 0 Å². The number of aryl methyl sites for hydroxylation is 2. The molecule has 1 N–H and O–H groups in total. The van der Waals surface area contributed by atoms with Crippen LogP contribution in [0.15, 0.2) is 60.9 Å². The summed E-state index contributed by atoms with van der Waals surface area (Å²) >= 11 is 0. The number of carbonyl (C=O) groups excluding carboxylic acids is 2. The van der Waals surface area contributed by atoms with Gasteiger partial charge in [0, 0.05) is 29.8 Å². The van der Waals surface area contributed by atoms with E-state index < -0.39 is 0 Å². The standard InChI is InChI=1S/C24H23N3O2/c1-15-8-9-16(2)21(10-15)26-23(28)19-12-20(14-25-13-19)24(29)27-17(3)11-18-6-4-5-7-22(18)27/h4-10,12-14,17H,11H2,1-3H3,(H,26,28). The van der Waals surface area contributed by atoms with Gasteiger partial charge in [0.15, 0.2) is 0 Å². The summed E-state index contributed by atoms with van der Waals surface area (Å²) in [7, 11) is 0. The molecule has 1 aliphatic rings. The van der Waals surface area contributed by atoms with Gasteiger partial charge in [-0.1, -0.05) is 30.3 Å². The summed E-state index contributed by atoms with van der Waals surface area (Å²) in [6.07, 6.45) is 3.82. The van der Waals surface area contributed by atoms with Gasteiger partial charge < -0.3 is 10.2 Å². The van der Waals surface area contributed by atoms with E-state index in [0.29, 0.717) is 11.1 Å². The zero-order chi connectivity index (χ0) is 20.5.